The maximum absolute atomic E-state index is 11.3. The van der Waals surface area contributed by atoms with Crippen LogP contribution in [0.1, 0.15) is 18.1 Å². The molecule has 0 N–H and O–H groups in total. The Kier molecular flexibility index (Phi) is 3.70. The predicted molar refractivity (Wildman–Crippen MR) is 60.2 cm³/mol. The van der Waals surface area contributed by atoms with Crippen LogP contribution in [0.2, 0.25) is 0 Å². The molecule has 0 fully saturated rings. The third-order valence-corrected chi connectivity index (χ3v) is 3.52. The van der Waals surface area contributed by atoms with Gasteiger partial charge in [0.15, 0.2) is 0 Å². The quantitative estimate of drug-likeness (QED) is 0.476. The minimum absolute atomic E-state index is 0.00370. The number of nitro groups is 1. The number of benzene rings is 1. The number of nitro benzene ring substituents is 1. The first kappa shape index (κ1) is 13.4. The fourth-order valence-electron chi connectivity index (χ4n) is 1.43. The Hall–Kier alpha value is -1.65. The van der Waals surface area contributed by atoms with Crippen LogP contribution >= 0.6 is 10.7 Å². The van der Waals surface area contributed by atoms with Crippen LogP contribution in [0.25, 0.3) is 0 Å². The van der Waals surface area contributed by atoms with E-state index in [1.165, 1.54) is 0 Å². The molecule has 8 heteroatoms. The molecular formula is C9H7ClN2O4S. The SMILES string of the molecule is CCc1c([N+](=O)[O-])cc(C#N)cc1S(=O)(=O)Cl. The van der Waals surface area contributed by atoms with Crippen molar-refractivity contribution in [3.05, 3.63) is 33.4 Å². The van der Waals surface area contributed by atoms with Crippen LogP contribution in [0, 0.1) is 21.4 Å². The zero-order valence-corrected chi connectivity index (χ0v) is 10.2. The van der Waals surface area contributed by atoms with E-state index >= 15 is 0 Å². The van der Waals surface area contributed by atoms with E-state index in [0.29, 0.717) is 0 Å². The molecule has 0 aliphatic carbocycles. The van der Waals surface area contributed by atoms with E-state index in [9.17, 15) is 18.5 Å². The molecule has 0 bridgehead atoms. The Morgan fingerprint density at radius 3 is 2.47 bits per heavy atom. The highest BCUT2D eigenvalue weighted by atomic mass is 35.7. The second-order valence-electron chi connectivity index (χ2n) is 3.13. The van der Waals surface area contributed by atoms with Crippen molar-refractivity contribution in [3.63, 3.8) is 0 Å². The number of nitrogens with zero attached hydrogens (tertiary/aromatic N) is 2. The number of rotatable bonds is 3. The lowest BCUT2D eigenvalue weighted by molar-refractivity contribution is -0.385. The first-order valence-corrected chi connectivity index (χ1v) is 6.78. The normalized spacial score (nSPS) is 10.9. The molecule has 90 valence electrons. The molecule has 0 amide bonds. The Morgan fingerprint density at radius 2 is 2.12 bits per heavy atom. The molecule has 0 atom stereocenters. The van der Waals surface area contributed by atoms with Crippen molar-refractivity contribution in [1.82, 2.24) is 0 Å². The Morgan fingerprint density at radius 1 is 1.53 bits per heavy atom. The van der Waals surface area contributed by atoms with Crippen molar-refractivity contribution in [2.45, 2.75) is 18.2 Å². The maximum atomic E-state index is 11.3. The summed E-state index contributed by atoms with van der Waals surface area (Å²) in [6, 6.07) is 3.73. The molecule has 0 aromatic heterocycles. The van der Waals surface area contributed by atoms with Gasteiger partial charge in [-0.3, -0.25) is 10.1 Å². The second kappa shape index (κ2) is 4.69. The van der Waals surface area contributed by atoms with Crippen LogP contribution < -0.4 is 0 Å². The highest BCUT2D eigenvalue weighted by Crippen LogP contribution is 2.30. The average molecular weight is 275 g/mol. The molecule has 0 unspecified atom stereocenters. The highest BCUT2D eigenvalue weighted by Gasteiger charge is 2.24. The van der Waals surface area contributed by atoms with E-state index in [1.54, 1.807) is 13.0 Å². The van der Waals surface area contributed by atoms with E-state index in [1.807, 2.05) is 0 Å². The van der Waals surface area contributed by atoms with Crippen molar-refractivity contribution in [2.24, 2.45) is 0 Å². The maximum Gasteiger partial charge on any atom is 0.275 e. The van der Waals surface area contributed by atoms with Crippen molar-refractivity contribution in [1.29, 1.82) is 5.26 Å². The lowest BCUT2D eigenvalue weighted by Crippen LogP contribution is -2.03. The van der Waals surface area contributed by atoms with E-state index in [0.717, 1.165) is 12.1 Å². The van der Waals surface area contributed by atoms with Gasteiger partial charge >= 0.3 is 0 Å². The van der Waals surface area contributed by atoms with Crippen LogP contribution in [-0.2, 0) is 15.5 Å². The number of hydrogen-bond acceptors (Lipinski definition) is 5. The molecule has 17 heavy (non-hydrogen) atoms. The van der Waals surface area contributed by atoms with Crippen molar-refractivity contribution < 1.29 is 13.3 Å². The van der Waals surface area contributed by atoms with Gasteiger partial charge in [0.05, 0.1) is 21.5 Å². The average Bonchev–Trinajstić information content (AvgIpc) is 2.25. The van der Waals surface area contributed by atoms with Gasteiger partial charge in [-0.2, -0.15) is 5.26 Å². The summed E-state index contributed by atoms with van der Waals surface area (Å²) in [7, 11) is 1.07. The van der Waals surface area contributed by atoms with E-state index in [2.05, 4.69) is 0 Å². The summed E-state index contributed by atoms with van der Waals surface area (Å²) in [6.07, 6.45) is 0.128. The Bertz CT molecular complexity index is 619. The summed E-state index contributed by atoms with van der Waals surface area (Å²) in [6.45, 7) is 1.57. The van der Waals surface area contributed by atoms with Gasteiger partial charge in [-0.15, -0.1) is 0 Å². The van der Waals surface area contributed by atoms with E-state index in [-0.39, 0.29) is 22.4 Å². The van der Waals surface area contributed by atoms with Gasteiger partial charge in [-0.25, -0.2) is 8.42 Å². The second-order valence-corrected chi connectivity index (χ2v) is 5.67. The third kappa shape index (κ3) is 2.72. The lowest BCUT2D eigenvalue weighted by atomic mass is 10.1. The molecule has 6 nitrogen and oxygen atoms in total. The highest BCUT2D eigenvalue weighted by molar-refractivity contribution is 8.13. The van der Waals surface area contributed by atoms with Crippen molar-refractivity contribution in [2.75, 3.05) is 0 Å². The number of hydrogen-bond donors (Lipinski definition) is 0. The first-order valence-electron chi connectivity index (χ1n) is 4.47. The molecule has 1 rings (SSSR count). The van der Waals surface area contributed by atoms with Crippen molar-refractivity contribution >= 4 is 25.4 Å². The topological polar surface area (TPSA) is 101 Å². The van der Waals surface area contributed by atoms with Gasteiger partial charge in [0.25, 0.3) is 14.7 Å². The summed E-state index contributed by atoms with van der Waals surface area (Å²) < 4.78 is 22.6. The van der Waals surface area contributed by atoms with Gasteiger partial charge in [0, 0.05) is 22.3 Å². The molecule has 0 aliphatic heterocycles. The lowest BCUT2D eigenvalue weighted by Gasteiger charge is -2.05. The molecule has 1 aromatic rings. The van der Waals surface area contributed by atoms with Gasteiger partial charge in [-0.05, 0) is 12.5 Å². The third-order valence-electron chi connectivity index (χ3n) is 2.13. The van der Waals surface area contributed by atoms with Crippen LogP contribution in [0.15, 0.2) is 17.0 Å². The summed E-state index contributed by atoms with van der Waals surface area (Å²) in [5.41, 5.74) is -0.525. The molecule has 0 saturated carbocycles. The Balaban J connectivity index is 3.77. The molecule has 0 saturated heterocycles. The molecule has 0 spiro atoms. The summed E-state index contributed by atoms with van der Waals surface area (Å²) >= 11 is 0. The molecule has 1 aromatic carbocycles. The van der Waals surface area contributed by atoms with Gasteiger partial charge in [0.1, 0.15) is 0 Å². The monoisotopic (exact) mass is 274 g/mol. The smallest absolute Gasteiger partial charge is 0.258 e. The molecule has 0 heterocycles. The fourth-order valence-corrected chi connectivity index (χ4v) is 2.65. The molecule has 0 aliphatic rings. The fraction of sp³-hybridized carbons (Fsp3) is 0.222. The van der Waals surface area contributed by atoms with Crippen LogP contribution in [0.3, 0.4) is 0 Å². The zero-order valence-electron chi connectivity index (χ0n) is 8.68. The summed E-state index contributed by atoms with van der Waals surface area (Å²) in [4.78, 5) is 9.67. The van der Waals surface area contributed by atoms with Gasteiger partial charge in [0.2, 0.25) is 0 Å². The summed E-state index contributed by atoms with van der Waals surface area (Å²) in [5.74, 6) is 0. The molecular weight excluding hydrogens is 268 g/mol. The largest absolute Gasteiger partial charge is 0.275 e. The minimum atomic E-state index is -4.12. The predicted octanol–water partition coefficient (Wildman–Crippen LogP) is 1.96. The van der Waals surface area contributed by atoms with Gasteiger partial charge in [-0.1, -0.05) is 6.92 Å². The first-order chi connectivity index (χ1) is 7.81. The van der Waals surface area contributed by atoms with Crippen molar-refractivity contribution in [3.8, 4) is 6.07 Å². The standard InChI is InChI=1S/C9H7ClN2O4S/c1-2-7-8(12(13)14)3-6(5-11)4-9(7)17(10,15)16/h3-4H,2H2,1H3. The number of nitriles is 1. The van der Waals surface area contributed by atoms with Crippen LogP contribution in [0.4, 0.5) is 5.69 Å². The molecule has 0 radical (unpaired) electrons. The van der Waals surface area contributed by atoms with Gasteiger partial charge < -0.3 is 0 Å². The minimum Gasteiger partial charge on any atom is -0.258 e. The Labute approximate surface area is 102 Å². The zero-order chi connectivity index (χ0) is 13.2. The van der Waals surface area contributed by atoms with E-state index in [4.69, 9.17) is 15.9 Å². The summed E-state index contributed by atoms with van der Waals surface area (Å²) in [5, 5.41) is 19.5. The van der Waals surface area contributed by atoms with E-state index < -0.39 is 19.7 Å². The van der Waals surface area contributed by atoms with Crippen LogP contribution in [0.5, 0.6) is 0 Å². The number of halogens is 1. The van der Waals surface area contributed by atoms with Crippen LogP contribution in [-0.4, -0.2) is 13.3 Å².